The lowest BCUT2D eigenvalue weighted by Gasteiger charge is -2.00. The summed E-state index contributed by atoms with van der Waals surface area (Å²) in [5, 5.41) is 7.27. The van der Waals surface area contributed by atoms with Crippen LogP contribution in [0.2, 0.25) is 0 Å². The Hall–Kier alpha value is -3.00. The normalized spacial score (nSPS) is 10.4. The minimum atomic E-state index is -0.475. The van der Waals surface area contributed by atoms with Crippen molar-refractivity contribution < 1.29 is 14.3 Å². The second kappa shape index (κ2) is 7.05. The van der Waals surface area contributed by atoms with E-state index in [4.69, 9.17) is 0 Å². The Balaban J connectivity index is 1.62. The molecule has 24 heavy (non-hydrogen) atoms. The maximum absolute atomic E-state index is 12.1. The molecule has 0 atom stereocenters. The van der Waals surface area contributed by atoms with Gasteiger partial charge in [0.15, 0.2) is 5.13 Å². The van der Waals surface area contributed by atoms with Gasteiger partial charge in [-0.2, -0.15) is 5.10 Å². The molecule has 0 unspecified atom stereocenters. The van der Waals surface area contributed by atoms with Crippen molar-refractivity contribution in [3.8, 4) is 5.69 Å². The SMILES string of the molecule is COC(=O)c1cnc(NC(=O)Cc2cnn(-c3ccccc3)c2)s1. The van der Waals surface area contributed by atoms with Gasteiger partial charge in [-0.3, -0.25) is 4.79 Å². The highest BCUT2D eigenvalue weighted by Crippen LogP contribution is 2.19. The van der Waals surface area contributed by atoms with Gasteiger partial charge in [0.25, 0.3) is 0 Å². The van der Waals surface area contributed by atoms with Gasteiger partial charge in [-0.15, -0.1) is 0 Å². The number of hydrogen-bond acceptors (Lipinski definition) is 6. The van der Waals surface area contributed by atoms with Gasteiger partial charge in [-0.05, 0) is 17.7 Å². The summed E-state index contributed by atoms with van der Waals surface area (Å²) in [4.78, 5) is 27.8. The van der Waals surface area contributed by atoms with Crippen LogP contribution in [-0.2, 0) is 16.0 Å². The van der Waals surface area contributed by atoms with Crippen molar-refractivity contribution in [2.24, 2.45) is 0 Å². The van der Waals surface area contributed by atoms with Gasteiger partial charge in [0.2, 0.25) is 5.91 Å². The fraction of sp³-hybridized carbons (Fsp3) is 0.125. The molecule has 7 nitrogen and oxygen atoms in total. The summed E-state index contributed by atoms with van der Waals surface area (Å²) < 4.78 is 6.31. The Kier molecular flexibility index (Phi) is 4.66. The summed E-state index contributed by atoms with van der Waals surface area (Å²) in [6, 6.07) is 9.63. The van der Waals surface area contributed by atoms with Gasteiger partial charge in [-0.25, -0.2) is 14.5 Å². The Morgan fingerprint density at radius 3 is 2.79 bits per heavy atom. The molecule has 0 radical (unpaired) electrons. The lowest BCUT2D eigenvalue weighted by Crippen LogP contribution is -2.13. The first kappa shape index (κ1) is 15.9. The fourth-order valence-corrected chi connectivity index (χ4v) is 2.80. The predicted octanol–water partition coefficient (Wildman–Crippen LogP) is 2.30. The molecule has 0 aliphatic heterocycles. The first-order valence-corrected chi connectivity index (χ1v) is 7.90. The number of esters is 1. The number of benzene rings is 1. The Bertz CT molecular complexity index is 857. The smallest absolute Gasteiger partial charge is 0.349 e. The Labute approximate surface area is 141 Å². The molecule has 3 rings (SSSR count). The van der Waals surface area contributed by atoms with Crippen LogP contribution in [0.1, 0.15) is 15.2 Å². The van der Waals surface area contributed by atoms with E-state index < -0.39 is 5.97 Å². The maximum Gasteiger partial charge on any atom is 0.349 e. The van der Waals surface area contributed by atoms with Gasteiger partial charge in [0.05, 0.1) is 31.6 Å². The largest absolute Gasteiger partial charge is 0.465 e. The highest BCUT2D eigenvalue weighted by molar-refractivity contribution is 7.17. The molecule has 1 amide bonds. The third-order valence-corrected chi connectivity index (χ3v) is 4.05. The van der Waals surface area contributed by atoms with E-state index in [0.29, 0.717) is 10.0 Å². The topological polar surface area (TPSA) is 86.1 Å². The van der Waals surface area contributed by atoms with Crippen LogP contribution < -0.4 is 5.32 Å². The third-order valence-electron chi connectivity index (χ3n) is 3.16. The zero-order valence-electron chi connectivity index (χ0n) is 12.8. The maximum atomic E-state index is 12.1. The number of amides is 1. The van der Waals surface area contributed by atoms with Crippen LogP contribution in [0.5, 0.6) is 0 Å². The van der Waals surface area contributed by atoms with Gasteiger partial charge in [-0.1, -0.05) is 29.5 Å². The van der Waals surface area contributed by atoms with Crippen molar-refractivity contribution in [1.82, 2.24) is 14.8 Å². The van der Waals surface area contributed by atoms with Gasteiger partial charge in [0.1, 0.15) is 4.88 Å². The number of hydrogen-bond donors (Lipinski definition) is 1. The van der Waals surface area contributed by atoms with Gasteiger partial charge in [0, 0.05) is 6.20 Å². The molecule has 8 heteroatoms. The van der Waals surface area contributed by atoms with Crippen molar-refractivity contribution >= 4 is 28.3 Å². The molecule has 3 aromatic rings. The number of rotatable bonds is 5. The molecule has 1 aromatic carbocycles. The van der Waals surface area contributed by atoms with Crippen LogP contribution in [0.4, 0.5) is 5.13 Å². The molecule has 1 N–H and O–H groups in total. The second-order valence-electron chi connectivity index (χ2n) is 4.87. The highest BCUT2D eigenvalue weighted by atomic mass is 32.1. The van der Waals surface area contributed by atoms with Crippen LogP contribution in [0.15, 0.2) is 48.9 Å². The van der Waals surface area contributed by atoms with Crippen molar-refractivity contribution in [2.75, 3.05) is 12.4 Å². The van der Waals surface area contributed by atoms with Gasteiger partial charge < -0.3 is 10.1 Å². The third kappa shape index (κ3) is 3.66. The monoisotopic (exact) mass is 342 g/mol. The van der Waals surface area contributed by atoms with E-state index in [0.717, 1.165) is 22.6 Å². The molecule has 0 aliphatic carbocycles. The Morgan fingerprint density at radius 1 is 1.25 bits per heavy atom. The molecule has 122 valence electrons. The molecule has 0 fully saturated rings. The van der Waals surface area contributed by atoms with E-state index >= 15 is 0 Å². The fourth-order valence-electron chi connectivity index (χ4n) is 2.05. The van der Waals surface area contributed by atoms with E-state index in [1.807, 2.05) is 30.3 Å². The predicted molar refractivity (Wildman–Crippen MR) is 89.4 cm³/mol. The first-order chi connectivity index (χ1) is 11.7. The number of methoxy groups -OCH3 is 1. The molecule has 2 heterocycles. The Morgan fingerprint density at radius 2 is 2.04 bits per heavy atom. The number of para-hydroxylation sites is 1. The summed E-state index contributed by atoms with van der Waals surface area (Å²) >= 11 is 1.07. The minimum absolute atomic E-state index is 0.167. The standard InChI is InChI=1S/C16H14N4O3S/c1-23-15(22)13-9-17-16(24-13)19-14(21)7-11-8-18-20(10-11)12-5-3-2-4-6-12/h2-6,8-10H,7H2,1H3,(H,17,19,21). The van der Waals surface area contributed by atoms with Crippen LogP contribution >= 0.6 is 11.3 Å². The molecule has 0 aliphatic rings. The summed E-state index contributed by atoms with van der Waals surface area (Å²) in [6.07, 6.45) is 4.99. The van der Waals surface area contributed by atoms with E-state index in [9.17, 15) is 9.59 Å². The average Bonchev–Trinajstić information content (AvgIpc) is 3.24. The molecule has 2 aromatic heterocycles. The van der Waals surface area contributed by atoms with E-state index in [2.05, 4.69) is 20.1 Å². The summed E-state index contributed by atoms with van der Waals surface area (Å²) in [7, 11) is 1.30. The van der Waals surface area contributed by atoms with Crippen molar-refractivity contribution in [3.63, 3.8) is 0 Å². The lowest BCUT2D eigenvalue weighted by atomic mass is 10.2. The number of aromatic nitrogens is 3. The number of anilines is 1. The number of nitrogens with one attached hydrogen (secondary N) is 1. The average molecular weight is 342 g/mol. The highest BCUT2D eigenvalue weighted by Gasteiger charge is 2.13. The number of ether oxygens (including phenoxy) is 1. The quantitative estimate of drug-likeness (QED) is 0.719. The second-order valence-corrected chi connectivity index (χ2v) is 5.91. The lowest BCUT2D eigenvalue weighted by molar-refractivity contribution is -0.115. The van der Waals surface area contributed by atoms with Crippen molar-refractivity contribution in [1.29, 1.82) is 0 Å². The van der Waals surface area contributed by atoms with Crippen LogP contribution in [0, 0.1) is 0 Å². The summed E-state index contributed by atoms with van der Waals surface area (Å²) in [6.45, 7) is 0. The number of nitrogens with zero attached hydrogens (tertiary/aromatic N) is 3. The molecule has 0 spiro atoms. The van der Waals surface area contributed by atoms with E-state index in [1.54, 1.807) is 17.1 Å². The summed E-state index contributed by atoms with van der Waals surface area (Å²) in [5.74, 6) is -0.703. The zero-order valence-corrected chi connectivity index (χ0v) is 13.6. The van der Waals surface area contributed by atoms with Gasteiger partial charge >= 0.3 is 5.97 Å². The van der Waals surface area contributed by atoms with Crippen molar-refractivity contribution in [3.05, 3.63) is 59.4 Å². The van der Waals surface area contributed by atoms with Crippen molar-refractivity contribution in [2.45, 2.75) is 6.42 Å². The molecule has 0 saturated heterocycles. The number of carbonyl (C=O) groups excluding carboxylic acids is 2. The number of carbonyl (C=O) groups is 2. The first-order valence-electron chi connectivity index (χ1n) is 7.08. The number of thiazole rings is 1. The minimum Gasteiger partial charge on any atom is -0.465 e. The molecular weight excluding hydrogens is 328 g/mol. The zero-order chi connectivity index (χ0) is 16.9. The van der Waals surface area contributed by atoms with Crippen LogP contribution in [-0.4, -0.2) is 33.8 Å². The van der Waals surface area contributed by atoms with Crippen LogP contribution in [0.25, 0.3) is 5.69 Å². The summed E-state index contributed by atoms with van der Waals surface area (Å²) in [5.41, 5.74) is 1.70. The molecular formula is C16H14N4O3S. The molecule has 0 bridgehead atoms. The molecule has 0 saturated carbocycles. The van der Waals surface area contributed by atoms with Crippen LogP contribution in [0.3, 0.4) is 0 Å². The van der Waals surface area contributed by atoms with E-state index in [1.165, 1.54) is 13.3 Å². The van der Waals surface area contributed by atoms with E-state index in [-0.39, 0.29) is 12.3 Å².